The Bertz CT molecular complexity index is 1240. The van der Waals surface area contributed by atoms with Gasteiger partial charge in [-0.3, -0.25) is 10.1 Å². The molecular formula is C22H17ClN6S2. The minimum atomic E-state index is 0.511. The van der Waals surface area contributed by atoms with Crippen molar-refractivity contribution >= 4 is 46.1 Å². The quantitative estimate of drug-likeness (QED) is 0.214. The Hall–Kier alpha value is -3.12. The van der Waals surface area contributed by atoms with Gasteiger partial charge < -0.3 is 0 Å². The first kappa shape index (κ1) is 21.1. The molecule has 2 heterocycles. The molecule has 2 aromatic heterocycles. The molecule has 0 spiro atoms. The van der Waals surface area contributed by atoms with Crippen molar-refractivity contribution in [2.75, 3.05) is 11.7 Å². The van der Waals surface area contributed by atoms with Gasteiger partial charge in [-0.25, -0.2) is 0 Å². The highest BCUT2D eigenvalue weighted by Gasteiger charge is 2.13. The molecule has 31 heavy (non-hydrogen) atoms. The Morgan fingerprint density at radius 2 is 2.00 bits per heavy atom. The molecule has 0 saturated heterocycles. The Kier molecular flexibility index (Phi) is 6.67. The smallest absolute Gasteiger partial charge is 0.148 e. The summed E-state index contributed by atoms with van der Waals surface area (Å²) in [6, 6.07) is 19.9. The molecular weight excluding hydrogens is 448 g/mol. The van der Waals surface area contributed by atoms with Gasteiger partial charge in [-0.1, -0.05) is 54.1 Å². The molecule has 0 saturated carbocycles. The highest BCUT2D eigenvalue weighted by molar-refractivity contribution is 7.98. The van der Waals surface area contributed by atoms with Gasteiger partial charge >= 0.3 is 0 Å². The van der Waals surface area contributed by atoms with Crippen LogP contribution in [0.5, 0.6) is 0 Å². The van der Waals surface area contributed by atoms with Crippen molar-refractivity contribution in [3.63, 3.8) is 0 Å². The highest BCUT2D eigenvalue weighted by Crippen LogP contribution is 2.30. The van der Waals surface area contributed by atoms with E-state index in [1.807, 2.05) is 71.7 Å². The first-order valence-electron chi connectivity index (χ1n) is 9.28. The molecule has 0 fully saturated rings. The van der Waals surface area contributed by atoms with Gasteiger partial charge in [-0.05, 0) is 35.5 Å². The molecule has 0 radical (unpaired) electrons. The molecule has 0 unspecified atom stereocenters. The van der Waals surface area contributed by atoms with Crippen molar-refractivity contribution in [1.29, 1.82) is 5.26 Å². The molecule has 0 aliphatic rings. The summed E-state index contributed by atoms with van der Waals surface area (Å²) >= 11 is 8.65. The van der Waals surface area contributed by atoms with Gasteiger partial charge in [0, 0.05) is 22.3 Å². The third-order valence-electron chi connectivity index (χ3n) is 4.43. The molecule has 0 aliphatic carbocycles. The summed E-state index contributed by atoms with van der Waals surface area (Å²) in [6.07, 6.45) is 5.56. The zero-order valence-corrected chi connectivity index (χ0v) is 18.9. The minimum Gasteiger partial charge on any atom is -0.267 e. The summed E-state index contributed by atoms with van der Waals surface area (Å²) in [5, 5.41) is 20.5. The Morgan fingerprint density at radius 3 is 2.71 bits per heavy atom. The molecule has 4 aromatic rings. The predicted molar refractivity (Wildman–Crippen MR) is 128 cm³/mol. The van der Waals surface area contributed by atoms with E-state index in [1.165, 1.54) is 23.3 Å². The van der Waals surface area contributed by atoms with Crippen LogP contribution in [0.15, 0.2) is 70.9 Å². The number of anilines is 1. The second-order valence-electron chi connectivity index (χ2n) is 6.50. The lowest BCUT2D eigenvalue weighted by Crippen LogP contribution is -2.00. The van der Waals surface area contributed by atoms with Crippen LogP contribution in [0.2, 0.25) is 5.02 Å². The Balaban J connectivity index is 1.61. The molecule has 0 atom stereocenters. The van der Waals surface area contributed by atoms with Gasteiger partial charge in [0.15, 0.2) is 0 Å². The number of rotatable bonds is 7. The van der Waals surface area contributed by atoms with Crippen molar-refractivity contribution in [3.8, 4) is 17.3 Å². The number of nitrogens with zero attached hydrogens (tertiary/aromatic N) is 5. The first-order valence-corrected chi connectivity index (χ1v) is 11.7. The monoisotopic (exact) mass is 464 g/mol. The Labute approximate surface area is 193 Å². The lowest BCUT2D eigenvalue weighted by Gasteiger charge is -2.02. The third kappa shape index (κ3) is 4.97. The fraction of sp³-hybridized carbons (Fsp3) is 0.0909. The second-order valence-corrected chi connectivity index (χ2v) is 8.51. The molecule has 4 rings (SSSR count). The van der Waals surface area contributed by atoms with Crippen molar-refractivity contribution < 1.29 is 0 Å². The van der Waals surface area contributed by atoms with Crippen LogP contribution in [0.4, 0.5) is 5.00 Å². The summed E-state index contributed by atoms with van der Waals surface area (Å²) in [4.78, 5) is 0. The number of aromatic nitrogens is 3. The van der Waals surface area contributed by atoms with Gasteiger partial charge in [0.25, 0.3) is 0 Å². The molecule has 6 nitrogen and oxygen atoms in total. The number of hydrogen-bond donors (Lipinski definition) is 1. The van der Waals surface area contributed by atoms with E-state index in [2.05, 4.69) is 21.0 Å². The topological polar surface area (TPSA) is 78.9 Å². The van der Waals surface area contributed by atoms with Crippen LogP contribution in [0.25, 0.3) is 11.3 Å². The summed E-state index contributed by atoms with van der Waals surface area (Å²) in [7, 11) is 0. The van der Waals surface area contributed by atoms with E-state index in [-0.39, 0.29) is 0 Å². The zero-order chi connectivity index (χ0) is 21.6. The van der Waals surface area contributed by atoms with Gasteiger partial charge in [0.1, 0.15) is 27.4 Å². The molecule has 9 heteroatoms. The average molecular weight is 465 g/mol. The predicted octanol–water partition coefficient (Wildman–Crippen LogP) is 5.75. The number of halogens is 1. The maximum Gasteiger partial charge on any atom is 0.148 e. The summed E-state index contributed by atoms with van der Waals surface area (Å²) in [5.74, 6) is 0. The third-order valence-corrected chi connectivity index (χ3v) is 6.23. The number of nitriles is 1. The summed E-state index contributed by atoms with van der Waals surface area (Å²) in [5.41, 5.74) is 7.25. The van der Waals surface area contributed by atoms with Crippen LogP contribution < -0.4 is 5.43 Å². The van der Waals surface area contributed by atoms with E-state index >= 15 is 0 Å². The van der Waals surface area contributed by atoms with E-state index < -0.39 is 0 Å². The number of nitrogens with one attached hydrogen (secondary N) is 1. The van der Waals surface area contributed by atoms with Gasteiger partial charge in [-0.2, -0.15) is 19.8 Å². The zero-order valence-electron chi connectivity index (χ0n) is 16.5. The van der Waals surface area contributed by atoms with E-state index in [9.17, 15) is 5.26 Å². The van der Waals surface area contributed by atoms with Crippen LogP contribution in [-0.4, -0.2) is 26.6 Å². The number of benzene rings is 2. The van der Waals surface area contributed by atoms with Crippen molar-refractivity contribution in [3.05, 3.63) is 82.5 Å². The molecule has 1 N–H and O–H groups in total. The summed E-state index contributed by atoms with van der Waals surface area (Å²) in [6.45, 7) is 0.614. The highest BCUT2D eigenvalue weighted by atomic mass is 35.5. The van der Waals surface area contributed by atoms with Crippen LogP contribution in [0, 0.1) is 11.3 Å². The maximum atomic E-state index is 9.38. The van der Waals surface area contributed by atoms with Gasteiger partial charge in [-0.15, -0.1) is 11.8 Å². The number of thioether (sulfide) groups is 1. The van der Waals surface area contributed by atoms with E-state index in [1.54, 1.807) is 6.21 Å². The van der Waals surface area contributed by atoms with E-state index in [0.717, 1.165) is 22.4 Å². The standard InChI is InChI=1S/C22H17ClN6S2/c1-30-22-19(11-24)21(31-28-22)26-25-12-17-14-29(13-15-7-9-18(23)10-8-15)27-20(17)16-5-3-2-4-6-16/h2-10,12,14,26H,13H2,1H3/b25-12-. The van der Waals surface area contributed by atoms with Crippen LogP contribution in [-0.2, 0) is 6.54 Å². The largest absolute Gasteiger partial charge is 0.267 e. The lowest BCUT2D eigenvalue weighted by molar-refractivity contribution is 0.689. The molecule has 154 valence electrons. The van der Waals surface area contributed by atoms with E-state index in [0.29, 0.717) is 27.2 Å². The lowest BCUT2D eigenvalue weighted by atomic mass is 10.1. The van der Waals surface area contributed by atoms with E-state index in [4.69, 9.17) is 16.7 Å². The normalized spacial score (nSPS) is 11.0. The fourth-order valence-electron chi connectivity index (χ4n) is 2.96. The van der Waals surface area contributed by atoms with Crippen LogP contribution in [0.3, 0.4) is 0 Å². The SMILES string of the molecule is CSc1nsc(N/N=C\c2cn(Cc3ccc(Cl)cc3)nc2-c2ccccc2)c1C#N. The summed E-state index contributed by atoms with van der Waals surface area (Å²) < 4.78 is 6.15. The molecule has 0 amide bonds. The van der Waals surface area contributed by atoms with Gasteiger partial charge in [0.05, 0.1) is 12.8 Å². The van der Waals surface area contributed by atoms with Crippen molar-refractivity contribution in [1.82, 2.24) is 14.2 Å². The maximum absolute atomic E-state index is 9.38. The first-order chi connectivity index (χ1) is 15.2. The average Bonchev–Trinajstić information content (AvgIpc) is 3.39. The number of hydrazone groups is 1. The fourth-order valence-corrected chi connectivity index (χ4v) is 4.50. The van der Waals surface area contributed by atoms with Crippen molar-refractivity contribution in [2.45, 2.75) is 11.6 Å². The van der Waals surface area contributed by atoms with Crippen LogP contribution in [0.1, 0.15) is 16.7 Å². The Morgan fingerprint density at radius 1 is 1.23 bits per heavy atom. The molecule has 0 bridgehead atoms. The minimum absolute atomic E-state index is 0.511. The van der Waals surface area contributed by atoms with Crippen molar-refractivity contribution in [2.24, 2.45) is 5.10 Å². The molecule has 2 aromatic carbocycles. The molecule has 0 aliphatic heterocycles. The number of hydrogen-bond acceptors (Lipinski definition) is 7. The van der Waals surface area contributed by atoms with Gasteiger partial charge in [0.2, 0.25) is 0 Å². The second kappa shape index (κ2) is 9.79. The van der Waals surface area contributed by atoms with Crippen LogP contribution >= 0.6 is 34.9 Å².